The number of ether oxygens (including phenoxy) is 1. The van der Waals surface area contributed by atoms with Crippen LogP contribution in [0.5, 0.6) is 5.75 Å². The molecule has 0 aromatic heterocycles. The number of carboxylic acid groups (broad SMARTS) is 1. The van der Waals surface area contributed by atoms with Crippen molar-refractivity contribution in [1.82, 2.24) is 5.32 Å². The molecule has 2 unspecified atom stereocenters. The normalized spacial score (nSPS) is 14.7. The van der Waals surface area contributed by atoms with Crippen molar-refractivity contribution in [3.63, 3.8) is 0 Å². The Morgan fingerprint density at radius 3 is 2.36 bits per heavy atom. The van der Waals surface area contributed by atoms with Crippen LogP contribution in [0.3, 0.4) is 0 Å². The van der Waals surface area contributed by atoms with Gasteiger partial charge in [-0.25, -0.2) is 4.79 Å². The molecule has 0 saturated carbocycles. The van der Waals surface area contributed by atoms with Gasteiger partial charge in [0.25, 0.3) is 0 Å². The first kappa shape index (κ1) is 18.0. The van der Waals surface area contributed by atoms with E-state index in [9.17, 15) is 14.7 Å². The van der Waals surface area contributed by atoms with Gasteiger partial charge in [0.2, 0.25) is 5.91 Å². The predicted molar refractivity (Wildman–Crippen MR) is 81.9 cm³/mol. The summed E-state index contributed by atoms with van der Waals surface area (Å²) in [4.78, 5) is 22.7. The number of hydrogen-bond donors (Lipinski definition) is 3. The first-order valence-electron chi connectivity index (χ1n) is 7.16. The van der Waals surface area contributed by atoms with Crippen molar-refractivity contribution in [2.24, 2.45) is 0 Å². The molecule has 0 radical (unpaired) electrons. The number of amides is 1. The van der Waals surface area contributed by atoms with Gasteiger partial charge >= 0.3 is 5.97 Å². The number of methoxy groups -OCH3 is 1. The van der Waals surface area contributed by atoms with Crippen molar-refractivity contribution < 1.29 is 24.5 Å². The highest BCUT2D eigenvalue weighted by atomic mass is 16.5. The van der Waals surface area contributed by atoms with Gasteiger partial charge in [0.05, 0.1) is 13.7 Å². The first-order chi connectivity index (χ1) is 10.3. The molecule has 0 aliphatic carbocycles. The van der Waals surface area contributed by atoms with Crippen LogP contribution in [-0.2, 0) is 9.59 Å². The Morgan fingerprint density at radius 2 is 1.91 bits per heavy atom. The Hall–Kier alpha value is -2.08. The summed E-state index contributed by atoms with van der Waals surface area (Å²) in [6.45, 7) is 2.81. The second kappa shape index (κ2) is 7.79. The minimum absolute atomic E-state index is 0.0284. The lowest BCUT2D eigenvalue weighted by Gasteiger charge is -2.20. The molecule has 22 heavy (non-hydrogen) atoms. The molecular weight excluding hydrogens is 286 g/mol. The number of rotatable bonds is 8. The van der Waals surface area contributed by atoms with E-state index in [-0.39, 0.29) is 24.8 Å². The summed E-state index contributed by atoms with van der Waals surface area (Å²) in [6.07, 6.45) is 1.01. The summed E-state index contributed by atoms with van der Waals surface area (Å²) in [5, 5.41) is 20.8. The average Bonchev–Trinajstić information content (AvgIpc) is 2.50. The molecule has 0 saturated heterocycles. The van der Waals surface area contributed by atoms with E-state index in [4.69, 9.17) is 9.84 Å². The summed E-state index contributed by atoms with van der Waals surface area (Å²) < 4.78 is 5.10. The van der Waals surface area contributed by atoms with Gasteiger partial charge in [-0.3, -0.25) is 4.79 Å². The maximum Gasteiger partial charge on any atom is 0.337 e. The predicted octanol–water partition coefficient (Wildman–Crippen LogP) is 1.53. The molecule has 1 amide bonds. The van der Waals surface area contributed by atoms with Crippen LogP contribution >= 0.6 is 0 Å². The fourth-order valence-corrected chi connectivity index (χ4v) is 2.02. The van der Waals surface area contributed by atoms with Crippen LogP contribution in [0, 0.1) is 0 Å². The molecule has 1 aromatic rings. The SMILES string of the molecule is CCC(CC(=O)NCC(C)(O)C(=O)O)c1ccc(OC)cc1. The highest BCUT2D eigenvalue weighted by molar-refractivity contribution is 5.80. The summed E-state index contributed by atoms with van der Waals surface area (Å²) in [6, 6.07) is 7.50. The molecule has 0 spiro atoms. The van der Waals surface area contributed by atoms with Crippen LogP contribution in [0.25, 0.3) is 0 Å². The average molecular weight is 309 g/mol. The molecule has 0 aliphatic heterocycles. The summed E-state index contributed by atoms with van der Waals surface area (Å²) in [5.74, 6) is -0.875. The zero-order valence-electron chi connectivity index (χ0n) is 13.1. The molecule has 6 heteroatoms. The van der Waals surface area contributed by atoms with Gasteiger partial charge in [0, 0.05) is 6.42 Å². The minimum atomic E-state index is -1.96. The van der Waals surface area contributed by atoms with Gasteiger partial charge in [-0.1, -0.05) is 19.1 Å². The van der Waals surface area contributed by atoms with Crippen molar-refractivity contribution in [3.8, 4) is 5.75 Å². The van der Waals surface area contributed by atoms with Gasteiger partial charge < -0.3 is 20.3 Å². The highest BCUT2D eigenvalue weighted by Crippen LogP contribution is 2.25. The van der Waals surface area contributed by atoms with Crippen molar-refractivity contribution in [2.75, 3.05) is 13.7 Å². The highest BCUT2D eigenvalue weighted by Gasteiger charge is 2.30. The van der Waals surface area contributed by atoms with E-state index in [1.165, 1.54) is 0 Å². The van der Waals surface area contributed by atoms with Crippen LogP contribution in [0.1, 0.15) is 38.2 Å². The topological polar surface area (TPSA) is 95.9 Å². The third-order valence-corrected chi connectivity index (χ3v) is 3.60. The van der Waals surface area contributed by atoms with E-state index in [0.717, 1.165) is 24.7 Å². The number of aliphatic hydroxyl groups is 1. The Balaban J connectivity index is 2.61. The van der Waals surface area contributed by atoms with E-state index < -0.39 is 11.6 Å². The minimum Gasteiger partial charge on any atom is -0.497 e. The molecule has 1 aromatic carbocycles. The van der Waals surface area contributed by atoms with Gasteiger partial charge in [0.15, 0.2) is 5.60 Å². The molecular formula is C16H23NO5. The van der Waals surface area contributed by atoms with Gasteiger partial charge in [-0.05, 0) is 37.0 Å². The van der Waals surface area contributed by atoms with Gasteiger partial charge in [-0.2, -0.15) is 0 Å². The fraction of sp³-hybridized carbons (Fsp3) is 0.500. The van der Waals surface area contributed by atoms with E-state index in [2.05, 4.69) is 5.32 Å². The van der Waals surface area contributed by atoms with Crippen molar-refractivity contribution in [2.45, 2.75) is 38.2 Å². The van der Waals surface area contributed by atoms with Crippen LogP contribution in [0.4, 0.5) is 0 Å². The third-order valence-electron chi connectivity index (χ3n) is 3.60. The van der Waals surface area contributed by atoms with Crippen LogP contribution < -0.4 is 10.1 Å². The Labute approximate surface area is 130 Å². The zero-order valence-corrected chi connectivity index (χ0v) is 13.1. The number of hydrogen-bond acceptors (Lipinski definition) is 4. The smallest absolute Gasteiger partial charge is 0.337 e. The van der Waals surface area contributed by atoms with Crippen LogP contribution in [-0.4, -0.2) is 41.3 Å². The lowest BCUT2D eigenvalue weighted by Crippen LogP contribution is -2.46. The molecule has 0 aliphatic rings. The molecule has 0 heterocycles. The van der Waals surface area contributed by atoms with Crippen LogP contribution in [0.15, 0.2) is 24.3 Å². The lowest BCUT2D eigenvalue weighted by molar-refractivity contribution is -0.156. The monoisotopic (exact) mass is 309 g/mol. The molecule has 1 rings (SSSR count). The summed E-state index contributed by atoms with van der Waals surface area (Å²) in [7, 11) is 1.59. The number of nitrogens with one attached hydrogen (secondary N) is 1. The Kier molecular flexibility index (Phi) is 6.37. The largest absolute Gasteiger partial charge is 0.497 e. The number of carboxylic acids is 1. The molecule has 3 N–H and O–H groups in total. The number of aliphatic carboxylic acids is 1. The molecule has 2 atom stereocenters. The van der Waals surface area contributed by atoms with E-state index in [1.807, 2.05) is 31.2 Å². The van der Waals surface area contributed by atoms with E-state index in [0.29, 0.717) is 0 Å². The number of carbonyl (C=O) groups is 2. The second-order valence-corrected chi connectivity index (χ2v) is 5.44. The van der Waals surface area contributed by atoms with E-state index >= 15 is 0 Å². The summed E-state index contributed by atoms with van der Waals surface area (Å²) in [5.41, 5.74) is -0.944. The van der Waals surface area contributed by atoms with Crippen LogP contribution in [0.2, 0.25) is 0 Å². The second-order valence-electron chi connectivity index (χ2n) is 5.44. The van der Waals surface area contributed by atoms with Crippen molar-refractivity contribution in [3.05, 3.63) is 29.8 Å². The quantitative estimate of drug-likeness (QED) is 0.677. The zero-order chi connectivity index (χ0) is 16.8. The Morgan fingerprint density at radius 1 is 1.32 bits per heavy atom. The lowest BCUT2D eigenvalue weighted by atomic mass is 9.92. The van der Waals surface area contributed by atoms with Gasteiger partial charge in [-0.15, -0.1) is 0 Å². The molecule has 6 nitrogen and oxygen atoms in total. The first-order valence-corrected chi connectivity index (χ1v) is 7.16. The summed E-state index contributed by atoms with van der Waals surface area (Å²) >= 11 is 0. The maximum atomic E-state index is 11.9. The standard InChI is InChI=1S/C16H23NO5/c1-4-11(12-5-7-13(22-3)8-6-12)9-14(18)17-10-16(2,21)15(19)20/h5-8,11,21H,4,9-10H2,1-3H3,(H,17,18)(H,19,20). The maximum absolute atomic E-state index is 11.9. The third kappa shape index (κ3) is 5.04. The fourth-order valence-electron chi connectivity index (χ4n) is 2.02. The Bertz CT molecular complexity index is 510. The molecule has 0 bridgehead atoms. The number of benzene rings is 1. The van der Waals surface area contributed by atoms with Crippen molar-refractivity contribution in [1.29, 1.82) is 0 Å². The van der Waals surface area contributed by atoms with Crippen molar-refractivity contribution >= 4 is 11.9 Å². The molecule has 0 fully saturated rings. The number of carbonyl (C=O) groups excluding carboxylic acids is 1. The van der Waals surface area contributed by atoms with E-state index in [1.54, 1.807) is 7.11 Å². The van der Waals surface area contributed by atoms with Gasteiger partial charge in [0.1, 0.15) is 5.75 Å². The molecule has 122 valence electrons.